The SMILES string of the molecule is CC1(C)C(=O)CC[C@]2(C)[C@@H]1CC[C@]13CC[C@@H](C[C@H]12)[C@](O)(CO)C3. The summed E-state index contributed by atoms with van der Waals surface area (Å²) in [6.07, 6.45) is 8.09. The van der Waals surface area contributed by atoms with Gasteiger partial charge in [-0.3, -0.25) is 4.79 Å². The summed E-state index contributed by atoms with van der Waals surface area (Å²) in [4.78, 5) is 12.5. The first-order valence-corrected chi connectivity index (χ1v) is 9.55. The molecule has 2 bridgehead atoms. The molecule has 23 heavy (non-hydrogen) atoms. The van der Waals surface area contributed by atoms with E-state index in [1.807, 2.05) is 0 Å². The molecule has 0 radical (unpaired) electrons. The maximum Gasteiger partial charge on any atom is 0.138 e. The van der Waals surface area contributed by atoms with Crippen LogP contribution in [0.1, 0.15) is 72.1 Å². The van der Waals surface area contributed by atoms with E-state index in [-0.39, 0.29) is 28.8 Å². The van der Waals surface area contributed by atoms with Crippen LogP contribution in [0, 0.1) is 34.0 Å². The maximum absolute atomic E-state index is 12.5. The molecule has 5 saturated carbocycles. The topological polar surface area (TPSA) is 57.5 Å². The van der Waals surface area contributed by atoms with Gasteiger partial charge in [-0.2, -0.15) is 0 Å². The number of hydrogen-bond acceptors (Lipinski definition) is 3. The van der Waals surface area contributed by atoms with Crippen molar-refractivity contribution in [1.29, 1.82) is 0 Å². The van der Waals surface area contributed by atoms with Gasteiger partial charge in [-0.05, 0) is 73.5 Å². The van der Waals surface area contributed by atoms with Crippen LogP contribution >= 0.6 is 0 Å². The molecule has 6 atom stereocenters. The molecule has 5 aliphatic rings. The molecule has 0 saturated heterocycles. The van der Waals surface area contributed by atoms with Crippen molar-refractivity contribution in [2.24, 2.45) is 34.0 Å². The Bertz CT molecular complexity index is 541. The summed E-state index contributed by atoms with van der Waals surface area (Å²) in [6, 6.07) is 0. The fourth-order valence-corrected chi connectivity index (χ4v) is 7.72. The molecule has 0 aliphatic heterocycles. The molecule has 1 spiro atoms. The Morgan fingerprint density at radius 2 is 1.78 bits per heavy atom. The van der Waals surface area contributed by atoms with E-state index in [9.17, 15) is 15.0 Å². The highest BCUT2D eigenvalue weighted by Gasteiger charge is 2.67. The van der Waals surface area contributed by atoms with Crippen LogP contribution in [0.15, 0.2) is 0 Å². The van der Waals surface area contributed by atoms with Crippen LogP contribution in [0.25, 0.3) is 0 Å². The van der Waals surface area contributed by atoms with Gasteiger partial charge in [-0.1, -0.05) is 20.8 Å². The fourth-order valence-electron chi connectivity index (χ4n) is 7.72. The van der Waals surface area contributed by atoms with E-state index in [0.29, 0.717) is 17.6 Å². The first-order valence-electron chi connectivity index (χ1n) is 9.55. The van der Waals surface area contributed by atoms with Gasteiger partial charge in [0.1, 0.15) is 5.78 Å². The van der Waals surface area contributed by atoms with Crippen LogP contribution in [0.4, 0.5) is 0 Å². The van der Waals surface area contributed by atoms with Gasteiger partial charge in [-0.25, -0.2) is 0 Å². The van der Waals surface area contributed by atoms with Gasteiger partial charge in [0.15, 0.2) is 0 Å². The number of rotatable bonds is 1. The highest BCUT2D eigenvalue weighted by Crippen LogP contribution is 2.72. The number of carbonyl (C=O) groups excluding carboxylic acids is 1. The van der Waals surface area contributed by atoms with Crippen molar-refractivity contribution in [1.82, 2.24) is 0 Å². The van der Waals surface area contributed by atoms with E-state index < -0.39 is 5.60 Å². The Morgan fingerprint density at radius 1 is 1.09 bits per heavy atom. The van der Waals surface area contributed by atoms with Gasteiger partial charge < -0.3 is 10.2 Å². The van der Waals surface area contributed by atoms with Crippen LogP contribution in [-0.2, 0) is 4.79 Å². The molecule has 0 aromatic carbocycles. The number of carbonyl (C=O) groups is 1. The normalized spacial score (nSPS) is 54.5. The molecule has 2 N–H and O–H groups in total. The number of ketones is 1. The van der Waals surface area contributed by atoms with Gasteiger partial charge in [0.25, 0.3) is 0 Å². The third-order valence-corrected chi connectivity index (χ3v) is 8.95. The molecular weight excluding hydrogens is 288 g/mol. The minimum absolute atomic E-state index is 0.0870. The zero-order valence-electron chi connectivity index (χ0n) is 14.9. The Balaban J connectivity index is 1.73. The Labute approximate surface area is 139 Å². The molecule has 5 fully saturated rings. The molecule has 3 nitrogen and oxygen atoms in total. The van der Waals surface area contributed by atoms with Crippen LogP contribution in [-0.4, -0.2) is 28.2 Å². The van der Waals surface area contributed by atoms with Crippen molar-refractivity contribution in [2.45, 2.75) is 77.7 Å². The molecular formula is C20H32O3. The van der Waals surface area contributed by atoms with Crippen molar-refractivity contribution in [2.75, 3.05) is 6.61 Å². The van der Waals surface area contributed by atoms with Gasteiger partial charge in [0.2, 0.25) is 0 Å². The molecule has 0 unspecified atom stereocenters. The van der Waals surface area contributed by atoms with Crippen LogP contribution in [0.2, 0.25) is 0 Å². The van der Waals surface area contributed by atoms with Crippen molar-refractivity contribution in [3.8, 4) is 0 Å². The maximum atomic E-state index is 12.5. The van der Waals surface area contributed by atoms with E-state index in [1.54, 1.807) is 0 Å². The van der Waals surface area contributed by atoms with Gasteiger partial charge in [0.05, 0.1) is 12.2 Å². The van der Waals surface area contributed by atoms with Crippen LogP contribution < -0.4 is 0 Å². The lowest BCUT2D eigenvalue weighted by molar-refractivity contribution is -0.240. The molecule has 5 aliphatic carbocycles. The molecule has 5 rings (SSSR count). The van der Waals surface area contributed by atoms with Crippen LogP contribution in [0.3, 0.4) is 0 Å². The first-order chi connectivity index (χ1) is 10.7. The lowest BCUT2D eigenvalue weighted by Crippen LogP contribution is -2.66. The number of aliphatic hydroxyl groups is 2. The predicted molar refractivity (Wildman–Crippen MR) is 88.8 cm³/mol. The molecule has 0 amide bonds. The highest BCUT2D eigenvalue weighted by molar-refractivity contribution is 5.85. The average Bonchev–Trinajstić information content (AvgIpc) is 2.51. The van der Waals surface area contributed by atoms with Crippen molar-refractivity contribution < 1.29 is 15.0 Å². The number of Topliss-reactive ketones (excluding diaryl/α,β-unsaturated/α-hetero) is 1. The molecule has 0 aromatic heterocycles. The summed E-state index contributed by atoms with van der Waals surface area (Å²) in [5, 5.41) is 20.7. The second-order valence-corrected chi connectivity index (χ2v) is 10.1. The smallest absolute Gasteiger partial charge is 0.138 e. The molecule has 3 heteroatoms. The summed E-state index contributed by atoms with van der Waals surface area (Å²) < 4.78 is 0. The largest absolute Gasteiger partial charge is 0.393 e. The fraction of sp³-hybridized carbons (Fsp3) is 0.950. The third-order valence-electron chi connectivity index (χ3n) is 8.95. The summed E-state index contributed by atoms with van der Waals surface area (Å²) >= 11 is 0. The van der Waals surface area contributed by atoms with E-state index in [0.717, 1.165) is 44.9 Å². The van der Waals surface area contributed by atoms with Crippen LogP contribution in [0.5, 0.6) is 0 Å². The van der Waals surface area contributed by atoms with Gasteiger partial charge in [0, 0.05) is 11.8 Å². The second-order valence-electron chi connectivity index (χ2n) is 10.1. The Hall–Kier alpha value is -0.410. The van der Waals surface area contributed by atoms with E-state index in [4.69, 9.17) is 0 Å². The van der Waals surface area contributed by atoms with Gasteiger partial charge >= 0.3 is 0 Å². The lowest BCUT2D eigenvalue weighted by atomic mass is 9.36. The molecule has 0 heterocycles. The Kier molecular flexibility index (Phi) is 3.22. The number of hydrogen-bond donors (Lipinski definition) is 2. The van der Waals surface area contributed by atoms with E-state index >= 15 is 0 Å². The minimum Gasteiger partial charge on any atom is -0.393 e. The highest BCUT2D eigenvalue weighted by atomic mass is 16.3. The molecule has 130 valence electrons. The van der Waals surface area contributed by atoms with Gasteiger partial charge in [-0.15, -0.1) is 0 Å². The minimum atomic E-state index is -0.849. The summed E-state index contributed by atoms with van der Waals surface area (Å²) in [5.74, 6) is 1.79. The summed E-state index contributed by atoms with van der Waals surface area (Å²) in [7, 11) is 0. The Morgan fingerprint density at radius 3 is 2.48 bits per heavy atom. The quantitative estimate of drug-likeness (QED) is 0.779. The first kappa shape index (κ1) is 16.1. The molecule has 0 aromatic rings. The standard InChI is InChI=1S/C20H32O3/c1-17(2)14-5-9-19-8-4-13(20(23,11-19)12-21)10-15(19)18(14,3)7-6-16(17)22/h13-15,21,23H,4-12H2,1-3H3/t13-,14+,15-,18+,19-,20+/m0/s1. The average molecular weight is 320 g/mol. The zero-order valence-corrected chi connectivity index (χ0v) is 14.9. The monoisotopic (exact) mass is 320 g/mol. The van der Waals surface area contributed by atoms with Crippen molar-refractivity contribution >= 4 is 5.78 Å². The number of fused-ring (bicyclic) bond motifs is 3. The predicted octanol–water partition coefficient (Wildman–Crippen LogP) is 3.32. The van der Waals surface area contributed by atoms with Crippen molar-refractivity contribution in [3.63, 3.8) is 0 Å². The van der Waals surface area contributed by atoms with E-state index in [1.165, 1.54) is 6.42 Å². The second kappa shape index (κ2) is 4.60. The zero-order chi connectivity index (χ0) is 16.7. The number of aliphatic hydroxyl groups excluding tert-OH is 1. The summed E-state index contributed by atoms with van der Waals surface area (Å²) in [6.45, 7) is 6.69. The lowest BCUT2D eigenvalue weighted by Gasteiger charge is -2.69. The van der Waals surface area contributed by atoms with Crippen molar-refractivity contribution in [3.05, 3.63) is 0 Å². The summed E-state index contributed by atoms with van der Waals surface area (Å²) in [5.41, 5.74) is -0.615. The third kappa shape index (κ3) is 1.87. The van der Waals surface area contributed by atoms with E-state index in [2.05, 4.69) is 20.8 Å².